The van der Waals surface area contributed by atoms with Gasteiger partial charge in [0.2, 0.25) is 5.91 Å². The number of benzene rings is 4. The average Bonchev–Trinajstić information content (AvgIpc) is 3.02. The summed E-state index contributed by atoms with van der Waals surface area (Å²) in [4.78, 5) is 17.7. The Morgan fingerprint density at radius 3 is 2.12 bits per heavy atom. The summed E-state index contributed by atoms with van der Waals surface area (Å²) in [7, 11) is 0. The lowest BCUT2D eigenvalue weighted by Gasteiger charge is -2.13. The number of hydrogen-bond donors (Lipinski definition) is 1. The molecular formula is C34H27N3O3S. The zero-order chi connectivity index (χ0) is 28.4. The van der Waals surface area contributed by atoms with E-state index in [1.807, 2.05) is 97.9 Å². The molecule has 0 fully saturated rings. The molecule has 1 N–H and O–H groups in total. The fourth-order valence-corrected chi connectivity index (χ4v) is 4.98. The van der Waals surface area contributed by atoms with Gasteiger partial charge in [-0.15, -0.1) is 0 Å². The number of carbonyl (C=O) groups is 1. The summed E-state index contributed by atoms with van der Waals surface area (Å²) in [6.45, 7) is 2.53. The van der Waals surface area contributed by atoms with Crippen molar-refractivity contribution >= 4 is 23.4 Å². The molecule has 5 aromatic rings. The normalized spacial score (nSPS) is 10.4. The van der Waals surface area contributed by atoms with E-state index in [1.165, 1.54) is 11.8 Å². The third kappa shape index (κ3) is 7.13. The van der Waals surface area contributed by atoms with Crippen LogP contribution in [0.4, 0.5) is 5.69 Å². The van der Waals surface area contributed by atoms with Gasteiger partial charge < -0.3 is 14.8 Å². The standard InChI is InChI=1S/C34H27N3O3S/c1-2-39-27-17-13-25(14-18-27)32-21-30(24-9-5-3-6-10-24)31(22-35)34(37-32)41-23-33(38)36-26-15-19-29(20-16-26)40-28-11-7-4-8-12-28/h3-21H,2,23H2,1H3,(H,36,38). The molecule has 4 aromatic carbocycles. The van der Waals surface area contributed by atoms with Gasteiger partial charge in [-0.25, -0.2) is 4.98 Å². The van der Waals surface area contributed by atoms with Crippen molar-refractivity contribution in [3.05, 3.63) is 121 Å². The Balaban J connectivity index is 1.34. The van der Waals surface area contributed by atoms with Gasteiger partial charge in [-0.1, -0.05) is 60.3 Å². The first-order chi connectivity index (χ1) is 20.1. The summed E-state index contributed by atoms with van der Waals surface area (Å²) in [5.74, 6) is 2.07. The summed E-state index contributed by atoms with van der Waals surface area (Å²) in [5, 5.41) is 13.5. The van der Waals surface area contributed by atoms with Crippen LogP contribution >= 0.6 is 11.8 Å². The number of ether oxygens (including phenoxy) is 2. The minimum absolute atomic E-state index is 0.0882. The second-order valence-electron chi connectivity index (χ2n) is 8.95. The zero-order valence-electron chi connectivity index (χ0n) is 22.4. The molecule has 0 saturated carbocycles. The van der Waals surface area contributed by atoms with Crippen LogP contribution in [0.5, 0.6) is 17.2 Å². The van der Waals surface area contributed by atoms with Crippen LogP contribution in [-0.4, -0.2) is 23.3 Å². The lowest BCUT2D eigenvalue weighted by molar-refractivity contribution is -0.113. The Kier molecular flexibility index (Phi) is 8.95. The van der Waals surface area contributed by atoms with Crippen LogP contribution in [-0.2, 0) is 4.79 Å². The van der Waals surface area contributed by atoms with Crippen LogP contribution in [0.2, 0.25) is 0 Å². The van der Waals surface area contributed by atoms with E-state index in [0.29, 0.717) is 34.3 Å². The Morgan fingerprint density at radius 1 is 0.829 bits per heavy atom. The molecule has 0 unspecified atom stereocenters. The number of nitrogens with one attached hydrogen (secondary N) is 1. The number of rotatable bonds is 10. The molecule has 0 spiro atoms. The van der Waals surface area contributed by atoms with E-state index in [-0.39, 0.29) is 11.7 Å². The van der Waals surface area contributed by atoms with Gasteiger partial charge in [-0.2, -0.15) is 5.26 Å². The van der Waals surface area contributed by atoms with Crippen molar-refractivity contribution in [2.75, 3.05) is 17.7 Å². The van der Waals surface area contributed by atoms with Crippen LogP contribution < -0.4 is 14.8 Å². The number of anilines is 1. The predicted octanol–water partition coefficient (Wildman–Crippen LogP) is 8.21. The summed E-state index contributed by atoms with van der Waals surface area (Å²) < 4.78 is 11.4. The molecule has 7 heteroatoms. The summed E-state index contributed by atoms with van der Waals surface area (Å²) in [6.07, 6.45) is 0. The molecular weight excluding hydrogens is 530 g/mol. The molecule has 0 radical (unpaired) electrons. The highest BCUT2D eigenvalue weighted by Gasteiger charge is 2.17. The number of amides is 1. The molecule has 1 amide bonds. The molecule has 0 atom stereocenters. The van der Waals surface area contributed by atoms with Crippen LogP contribution in [0.25, 0.3) is 22.4 Å². The molecule has 1 heterocycles. The van der Waals surface area contributed by atoms with Crippen molar-refractivity contribution in [1.82, 2.24) is 4.98 Å². The van der Waals surface area contributed by atoms with Crippen molar-refractivity contribution in [1.29, 1.82) is 5.26 Å². The van der Waals surface area contributed by atoms with Crippen molar-refractivity contribution < 1.29 is 14.3 Å². The van der Waals surface area contributed by atoms with Crippen LogP contribution in [0.15, 0.2) is 120 Å². The molecule has 202 valence electrons. The number of pyridine rings is 1. The SMILES string of the molecule is CCOc1ccc(-c2cc(-c3ccccc3)c(C#N)c(SCC(=O)Nc3ccc(Oc4ccccc4)cc3)n2)cc1. The number of para-hydroxylation sites is 1. The zero-order valence-corrected chi connectivity index (χ0v) is 23.2. The maximum Gasteiger partial charge on any atom is 0.234 e. The molecule has 0 saturated heterocycles. The van der Waals surface area contributed by atoms with E-state index in [4.69, 9.17) is 14.5 Å². The third-order valence-electron chi connectivity index (χ3n) is 6.10. The number of nitrogens with zero attached hydrogens (tertiary/aromatic N) is 2. The highest BCUT2D eigenvalue weighted by Crippen LogP contribution is 2.34. The van der Waals surface area contributed by atoms with Crippen molar-refractivity contribution in [2.45, 2.75) is 11.9 Å². The molecule has 6 nitrogen and oxygen atoms in total. The van der Waals surface area contributed by atoms with Gasteiger partial charge in [0.25, 0.3) is 0 Å². The summed E-state index contributed by atoms with van der Waals surface area (Å²) >= 11 is 1.24. The van der Waals surface area contributed by atoms with Crippen LogP contribution in [0, 0.1) is 11.3 Å². The van der Waals surface area contributed by atoms with Crippen molar-refractivity contribution in [3.63, 3.8) is 0 Å². The average molecular weight is 558 g/mol. The maximum absolute atomic E-state index is 12.9. The third-order valence-corrected chi connectivity index (χ3v) is 7.08. The molecule has 0 aliphatic carbocycles. The van der Waals surface area contributed by atoms with Crippen molar-refractivity contribution in [2.24, 2.45) is 0 Å². The van der Waals surface area contributed by atoms with Crippen molar-refractivity contribution in [3.8, 4) is 45.7 Å². The fourth-order valence-electron chi connectivity index (χ4n) is 4.18. The lowest BCUT2D eigenvalue weighted by Crippen LogP contribution is -2.14. The Labute approximate surface area is 243 Å². The summed E-state index contributed by atoms with van der Waals surface area (Å²) in [5.41, 5.74) is 4.36. The highest BCUT2D eigenvalue weighted by molar-refractivity contribution is 8.00. The largest absolute Gasteiger partial charge is 0.494 e. The minimum Gasteiger partial charge on any atom is -0.494 e. The molecule has 1 aromatic heterocycles. The van der Waals surface area contributed by atoms with E-state index in [0.717, 1.165) is 28.2 Å². The van der Waals surface area contributed by atoms with E-state index >= 15 is 0 Å². The highest BCUT2D eigenvalue weighted by atomic mass is 32.2. The minimum atomic E-state index is -0.204. The van der Waals surface area contributed by atoms with E-state index in [9.17, 15) is 10.1 Å². The second kappa shape index (κ2) is 13.3. The van der Waals surface area contributed by atoms with Gasteiger partial charge in [0, 0.05) is 16.8 Å². The van der Waals surface area contributed by atoms with Crippen LogP contribution in [0.3, 0.4) is 0 Å². The summed E-state index contributed by atoms with van der Waals surface area (Å²) in [6, 6.07) is 38.4. The number of hydrogen-bond acceptors (Lipinski definition) is 6. The quantitative estimate of drug-likeness (QED) is 0.174. The Morgan fingerprint density at radius 2 is 1.46 bits per heavy atom. The van der Waals surface area contributed by atoms with E-state index in [2.05, 4.69) is 11.4 Å². The predicted molar refractivity (Wildman–Crippen MR) is 163 cm³/mol. The van der Waals surface area contributed by atoms with Gasteiger partial charge in [-0.3, -0.25) is 4.79 Å². The monoisotopic (exact) mass is 557 g/mol. The van der Waals surface area contributed by atoms with Crippen LogP contribution in [0.1, 0.15) is 12.5 Å². The second-order valence-corrected chi connectivity index (χ2v) is 9.91. The Hall–Kier alpha value is -5.06. The molecule has 0 aliphatic rings. The number of thioether (sulfide) groups is 1. The van der Waals surface area contributed by atoms with E-state index in [1.54, 1.807) is 24.3 Å². The first-order valence-electron chi connectivity index (χ1n) is 13.1. The van der Waals surface area contributed by atoms with Gasteiger partial charge in [0.1, 0.15) is 28.3 Å². The smallest absolute Gasteiger partial charge is 0.234 e. The molecule has 41 heavy (non-hydrogen) atoms. The van der Waals surface area contributed by atoms with E-state index < -0.39 is 0 Å². The first-order valence-corrected chi connectivity index (χ1v) is 14.1. The molecule has 0 bridgehead atoms. The molecule has 0 aliphatic heterocycles. The van der Waals surface area contributed by atoms with Gasteiger partial charge in [0.05, 0.1) is 23.6 Å². The fraction of sp³-hybridized carbons (Fsp3) is 0.0882. The lowest BCUT2D eigenvalue weighted by atomic mass is 9.99. The Bertz CT molecular complexity index is 1650. The topological polar surface area (TPSA) is 84.2 Å². The first kappa shape index (κ1) is 27.5. The van der Waals surface area contributed by atoms with Gasteiger partial charge in [0.15, 0.2) is 0 Å². The number of carbonyl (C=O) groups excluding carboxylic acids is 1. The molecule has 5 rings (SSSR count). The number of aromatic nitrogens is 1. The maximum atomic E-state index is 12.9. The van der Waals surface area contributed by atoms with Gasteiger partial charge >= 0.3 is 0 Å². The number of nitriles is 1. The van der Waals surface area contributed by atoms with Gasteiger partial charge in [-0.05, 0) is 79.2 Å².